The Hall–Kier alpha value is -3.45. The first-order valence-electron chi connectivity index (χ1n) is 8.99. The number of furan rings is 1. The second-order valence-corrected chi connectivity index (χ2v) is 8.97. The van der Waals surface area contributed by atoms with Crippen molar-refractivity contribution in [3.8, 4) is 0 Å². The van der Waals surface area contributed by atoms with Crippen LogP contribution in [0.2, 0.25) is 0 Å². The molecule has 0 aliphatic heterocycles. The number of anilines is 1. The molecule has 13 heteroatoms. The summed E-state index contributed by atoms with van der Waals surface area (Å²) in [6, 6.07) is 7.54. The third kappa shape index (κ3) is 7.38. The molecule has 0 bridgehead atoms. The van der Waals surface area contributed by atoms with Gasteiger partial charge in [0, 0.05) is 18.8 Å². The van der Waals surface area contributed by atoms with Gasteiger partial charge in [-0.15, -0.1) is 0 Å². The van der Waals surface area contributed by atoms with Gasteiger partial charge in [0.25, 0.3) is 5.91 Å². The quantitative estimate of drug-likeness (QED) is 0.310. The SMILES string of the molecule is CC(C)(C)OC(=O)NCCNS(=O)(=O)c1cccc(NC(=O)c2ccc([N+](=O)[O-])o2)c1. The number of carbonyl (C=O) groups is 2. The molecule has 0 aliphatic rings. The minimum atomic E-state index is -3.93. The fraction of sp³-hybridized carbons (Fsp3) is 0.333. The van der Waals surface area contributed by atoms with Crippen LogP contribution in [-0.4, -0.2) is 44.0 Å². The molecule has 2 aromatic rings. The first-order chi connectivity index (χ1) is 14.4. The Morgan fingerprint density at radius 2 is 1.87 bits per heavy atom. The van der Waals surface area contributed by atoms with E-state index in [9.17, 15) is 28.1 Å². The molecule has 1 heterocycles. The summed E-state index contributed by atoms with van der Waals surface area (Å²) in [7, 11) is -3.93. The van der Waals surface area contributed by atoms with Crippen molar-refractivity contribution in [3.05, 3.63) is 52.3 Å². The molecule has 3 N–H and O–H groups in total. The van der Waals surface area contributed by atoms with Crippen LogP contribution in [0.15, 0.2) is 45.7 Å². The van der Waals surface area contributed by atoms with Crippen LogP contribution in [-0.2, 0) is 14.8 Å². The summed E-state index contributed by atoms with van der Waals surface area (Å²) in [4.78, 5) is 33.4. The van der Waals surface area contributed by atoms with E-state index in [1.54, 1.807) is 20.8 Å². The molecule has 2 rings (SSSR count). The summed E-state index contributed by atoms with van der Waals surface area (Å²) < 4.78 is 37.0. The second kappa shape index (κ2) is 9.57. The lowest BCUT2D eigenvalue weighted by Gasteiger charge is -2.19. The van der Waals surface area contributed by atoms with Gasteiger partial charge in [0.1, 0.15) is 10.5 Å². The van der Waals surface area contributed by atoms with Gasteiger partial charge in [0.05, 0.1) is 11.0 Å². The van der Waals surface area contributed by atoms with E-state index < -0.39 is 38.4 Å². The Bertz CT molecular complexity index is 1070. The normalized spacial score (nSPS) is 11.6. The van der Waals surface area contributed by atoms with E-state index in [0.717, 1.165) is 12.1 Å². The lowest BCUT2D eigenvalue weighted by Crippen LogP contribution is -2.37. The van der Waals surface area contributed by atoms with E-state index >= 15 is 0 Å². The van der Waals surface area contributed by atoms with Crippen LogP contribution in [0.1, 0.15) is 31.3 Å². The summed E-state index contributed by atoms with van der Waals surface area (Å²) in [6.45, 7) is 5.02. The van der Waals surface area contributed by atoms with E-state index in [0.29, 0.717) is 0 Å². The zero-order valence-electron chi connectivity index (χ0n) is 17.0. The van der Waals surface area contributed by atoms with Gasteiger partial charge in [-0.25, -0.2) is 17.9 Å². The molecule has 0 unspecified atom stereocenters. The standard InChI is InChI=1S/C18H22N4O8S/c1-18(2,3)30-17(24)19-9-10-20-31(27,28)13-6-4-5-12(11-13)21-16(23)14-7-8-15(29-14)22(25)26/h4-8,11,20H,9-10H2,1-3H3,(H,19,24)(H,21,23). The summed E-state index contributed by atoms with van der Waals surface area (Å²) in [6.07, 6.45) is -0.672. The number of benzene rings is 1. The van der Waals surface area contributed by atoms with Crippen molar-refractivity contribution < 1.29 is 32.1 Å². The van der Waals surface area contributed by atoms with Crippen LogP contribution in [0.3, 0.4) is 0 Å². The number of nitrogens with one attached hydrogen (secondary N) is 3. The number of alkyl carbamates (subject to hydrolysis) is 1. The number of sulfonamides is 1. The Balaban J connectivity index is 1.95. The molecule has 0 saturated heterocycles. The van der Waals surface area contributed by atoms with E-state index in [1.165, 1.54) is 24.3 Å². The largest absolute Gasteiger partial charge is 0.444 e. The van der Waals surface area contributed by atoms with Gasteiger partial charge < -0.3 is 19.8 Å². The van der Waals surface area contributed by atoms with E-state index in [4.69, 9.17) is 9.15 Å². The van der Waals surface area contributed by atoms with Crippen molar-refractivity contribution in [1.82, 2.24) is 10.0 Å². The molecule has 0 fully saturated rings. The van der Waals surface area contributed by atoms with Gasteiger partial charge in [0.15, 0.2) is 5.76 Å². The van der Waals surface area contributed by atoms with Crippen LogP contribution >= 0.6 is 0 Å². The number of carbonyl (C=O) groups excluding carboxylic acids is 2. The molecule has 1 aromatic carbocycles. The molecule has 0 radical (unpaired) electrons. The highest BCUT2D eigenvalue weighted by molar-refractivity contribution is 7.89. The topological polar surface area (TPSA) is 170 Å². The van der Waals surface area contributed by atoms with Crippen molar-refractivity contribution >= 4 is 33.6 Å². The minimum Gasteiger partial charge on any atom is -0.444 e. The lowest BCUT2D eigenvalue weighted by atomic mass is 10.2. The zero-order chi connectivity index (χ0) is 23.2. The smallest absolute Gasteiger partial charge is 0.433 e. The van der Waals surface area contributed by atoms with E-state index in [-0.39, 0.29) is 29.4 Å². The summed E-state index contributed by atoms with van der Waals surface area (Å²) >= 11 is 0. The van der Waals surface area contributed by atoms with E-state index in [2.05, 4.69) is 15.4 Å². The Morgan fingerprint density at radius 1 is 1.16 bits per heavy atom. The molecule has 0 atom stereocenters. The van der Waals surface area contributed by atoms with Gasteiger partial charge in [-0.3, -0.25) is 14.9 Å². The van der Waals surface area contributed by atoms with Crippen LogP contribution in [0.4, 0.5) is 16.4 Å². The highest BCUT2D eigenvalue weighted by atomic mass is 32.2. The number of rotatable bonds is 8. The summed E-state index contributed by atoms with van der Waals surface area (Å²) in [5, 5.41) is 15.5. The van der Waals surface area contributed by atoms with Gasteiger partial charge >= 0.3 is 12.0 Å². The first-order valence-corrected chi connectivity index (χ1v) is 10.5. The van der Waals surface area contributed by atoms with Crippen molar-refractivity contribution in [2.24, 2.45) is 0 Å². The fourth-order valence-corrected chi connectivity index (χ4v) is 3.31. The molecule has 1 aromatic heterocycles. The van der Waals surface area contributed by atoms with Crippen LogP contribution < -0.4 is 15.4 Å². The molecule has 31 heavy (non-hydrogen) atoms. The maximum absolute atomic E-state index is 12.4. The van der Waals surface area contributed by atoms with E-state index in [1.807, 2.05) is 0 Å². The lowest BCUT2D eigenvalue weighted by molar-refractivity contribution is -0.402. The van der Waals surface area contributed by atoms with Crippen molar-refractivity contribution in [2.45, 2.75) is 31.3 Å². The van der Waals surface area contributed by atoms with Crippen molar-refractivity contribution in [2.75, 3.05) is 18.4 Å². The average Bonchev–Trinajstić information content (AvgIpc) is 3.15. The maximum atomic E-state index is 12.4. The van der Waals surface area contributed by atoms with Crippen molar-refractivity contribution in [1.29, 1.82) is 0 Å². The van der Waals surface area contributed by atoms with Crippen molar-refractivity contribution in [3.63, 3.8) is 0 Å². The van der Waals surface area contributed by atoms with Crippen LogP contribution in [0, 0.1) is 10.1 Å². The molecule has 2 amide bonds. The Morgan fingerprint density at radius 3 is 2.48 bits per heavy atom. The fourth-order valence-electron chi connectivity index (χ4n) is 2.23. The first kappa shape index (κ1) is 23.8. The highest BCUT2D eigenvalue weighted by Crippen LogP contribution is 2.19. The number of amides is 2. The predicted octanol–water partition coefficient (Wildman–Crippen LogP) is 2.24. The Labute approximate surface area is 178 Å². The molecule has 0 saturated carbocycles. The summed E-state index contributed by atoms with van der Waals surface area (Å²) in [5.41, 5.74) is -0.534. The molecular formula is C18H22N4O8S. The number of nitrogens with zero attached hydrogens (tertiary/aromatic N) is 1. The summed E-state index contributed by atoms with van der Waals surface area (Å²) in [5.74, 6) is -1.67. The maximum Gasteiger partial charge on any atom is 0.433 e. The zero-order valence-corrected chi connectivity index (χ0v) is 17.8. The average molecular weight is 454 g/mol. The van der Waals surface area contributed by atoms with Gasteiger partial charge in [-0.2, -0.15) is 0 Å². The van der Waals surface area contributed by atoms with Crippen LogP contribution in [0.5, 0.6) is 0 Å². The number of nitro groups is 1. The Kier molecular flexibility index (Phi) is 7.36. The molecule has 12 nitrogen and oxygen atoms in total. The van der Waals surface area contributed by atoms with Gasteiger partial charge in [-0.1, -0.05) is 6.07 Å². The molecule has 0 spiro atoms. The minimum absolute atomic E-state index is 0.00183. The molecule has 0 aliphatic carbocycles. The second-order valence-electron chi connectivity index (χ2n) is 7.20. The predicted molar refractivity (Wildman–Crippen MR) is 109 cm³/mol. The number of hydrogen-bond donors (Lipinski definition) is 3. The number of hydrogen-bond acceptors (Lipinski definition) is 8. The van der Waals surface area contributed by atoms with Crippen LogP contribution in [0.25, 0.3) is 0 Å². The van der Waals surface area contributed by atoms with Gasteiger partial charge in [0.2, 0.25) is 10.0 Å². The molecular weight excluding hydrogens is 432 g/mol. The third-order valence-corrected chi connectivity index (χ3v) is 4.94. The molecule has 168 valence electrons. The van der Waals surface area contributed by atoms with Gasteiger partial charge in [-0.05, 0) is 45.0 Å². The highest BCUT2D eigenvalue weighted by Gasteiger charge is 2.19. The third-order valence-electron chi connectivity index (χ3n) is 3.48. The monoisotopic (exact) mass is 454 g/mol. The number of ether oxygens (including phenoxy) is 1.